The molecule has 2 heterocycles. The van der Waals surface area contributed by atoms with Crippen molar-refractivity contribution in [3.05, 3.63) is 52.7 Å². The largest absolute Gasteiger partial charge is 0.444 e. The smallest absolute Gasteiger partial charge is 0.236 e. The fourth-order valence-electron chi connectivity index (χ4n) is 1.67. The molecule has 3 nitrogen and oxygen atoms in total. The lowest BCUT2D eigenvalue weighted by Gasteiger charge is -2.03. The van der Waals surface area contributed by atoms with E-state index in [1.54, 1.807) is 41.5 Å². The maximum absolute atomic E-state index is 6.13. The number of thiophene rings is 1. The summed E-state index contributed by atoms with van der Waals surface area (Å²) in [6.45, 7) is 0. The maximum Gasteiger partial charge on any atom is 0.236 e. The Hall–Kier alpha value is -1.43. The maximum atomic E-state index is 6.13. The predicted molar refractivity (Wildman–Crippen MR) is 85.2 cm³/mol. The van der Waals surface area contributed by atoms with Crippen LogP contribution in [0.2, 0.25) is 5.02 Å². The van der Waals surface area contributed by atoms with E-state index in [9.17, 15) is 0 Å². The average Bonchev–Trinajstić information content (AvgIpc) is 3.09. The Kier molecular flexibility index (Phi) is 4.00. The van der Waals surface area contributed by atoms with Crippen molar-refractivity contribution in [1.29, 1.82) is 0 Å². The minimum Gasteiger partial charge on any atom is -0.444 e. The topological polar surface area (TPSA) is 52.0 Å². The lowest BCUT2D eigenvalue weighted by atomic mass is 10.3. The van der Waals surface area contributed by atoms with Crippen molar-refractivity contribution >= 4 is 40.4 Å². The molecule has 6 heteroatoms. The van der Waals surface area contributed by atoms with E-state index in [4.69, 9.17) is 21.8 Å². The second-order valence-electron chi connectivity index (χ2n) is 4.10. The van der Waals surface area contributed by atoms with Crippen molar-refractivity contribution in [2.75, 3.05) is 5.73 Å². The van der Waals surface area contributed by atoms with Gasteiger partial charge in [-0.2, -0.15) is 0 Å². The van der Waals surface area contributed by atoms with Crippen molar-refractivity contribution in [3.8, 4) is 10.8 Å². The average molecular weight is 323 g/mol. The fraction of sp³-hybridized carbons (Fsp3) is 0.0714. The monoisotopic (exact) mass is 322 g/mol. The van der Waals surface area contributed by atoms with E-state index < -0.39 is 0 Å². The molecule has 0 fully saturated rings. The van der Waals surface area contributed by atoms with Gasteiger partial charge in [0.25, 0.3) is 0 Å². The van der Waals surface area contributed by atoms with E-state index in [-0.39, 0.29) is 0 Å². The van der Waals surface area contributed by atoms with Crippen LogP contribution < -0.4 is 5.73 Å². The summed E-state index contributed by atoms with van der Waals surface area (Å²) < 4.78 is 5.48. The van der Waals surface area contributed by atoms with Crippen LogP contribution in [0.5, 0.6) is 0 Å². The summed E-state index contributed by atoms with van der Waals surface area (Å²) in [5.41, 5.74) is 7.35. The number of nitrogens with zero attached hydrogens (tertiary/aromatic N) is 1. The molecule has 0 atom stereocenters. The zero-order chi connectivity index (χ0) is 13.9. The van der Waals surface area contributed by atoms with Crippen LogP contribution in [0, 0.1) is 0 Å². The summed E-state index contributed by atoms with van der Waals surface area (Å²) in [4.78, 5) is 6.45. The summed E-state index contributed by atoms with van der Waals surface area (Å²) in [6.07, 6.45) is 1.68. The standard InChI is InChI=1S/C14H11ClN2OS2/c15-11-4-3-9(16)6-13(11)20-8-10-7-18-14(17-10)12-2-1-5-19-12/h1-7H,8,16H2. The molecule has 0 aliphatic rings. The zero-order valence-electron chi connectivity index (χ0n) is 10.4. The molecule has 2 aromatic heterocycles. The van der Waals surface area contributed by atoms with Crippen molar-refractivity contribution in [3.63, 3.8) is 0 Å². The molecule has 3 rings (SSSR count). The summed E-state index contributed by atoms with van der Waals surface area (Å²) in [6, 6.07) is 9.43. The number of thioether (sulfide) groups is 1. The number of nitrogen functional groups attached to an aromatic ring is 1. The second kappa shape index (κ2) is 5.91. The number of rotatable bonds is 4. The van der Waals surface area contributed by atoms with Crippen LogP contribution in [-0.4, -0.2) is 4.98 Å². The number of anilines is 1. The van der Waals surface area contributed by atoms with Gasteiger partial charge in [0.2, 0.25) is 5.89 Å². The molecule has 0 bridgehead atoms. The third kappa shape index (κ3) is 3.00. The highest BCUT2D eigenvalue weighted by atomic mass is 35.5. The first kappa shape index (κ1) is 13.5. The van der Waals surface area contributed by atoms with Crippen molar-refractivity contribution < 1.29 is 4.42 Å². The zero-order valence-corrected chi connectivity index (χ0v) is 12.8. The van der Waals surface area contributed by atoms with E-state index in [1.165, 1.54) is 0 Å². The Labute approximate surface area is 129 Å². The fourth-order valence-corrected chi connectivity index (χ4v) is 3.47. The molecule has 0 aliphatic heterocycles. The molecule has 0 amide bonds. The van der Waals surface area contributed by atoms with E-state index in [2.05, 4.69) is 4.98 Å². The van der Waals surface area contributed by atoms with Crippen molar-refractivity contribution in [1.82, 2.24) is 4.98 Å². The van der Waals surface area contributed by atoms with Crippen LogP contribution in [0.4, 0.5) is 5.69 Å². The molecule has 0 aliphatic carbocycles. The molecule has 3 aromatic rings. The highest BCUT2D eigenvalue weighted by Crippen LogP contribution is 2.32. The van der Waals surface area contributed by atoms with Crippen LogP contribution in [0.3, 0.4) is 0 Å². The van der Waals surface area contributed by atoms with E-state index in [1.807, 2.05) is 23.6 Å². The van der Waals surface area contributed by atoms with Gasteiger partial charge in [-0.05, 0) is 29.6 Å². The van der Waals surface area contributed by atoms with Gasteiger partial charge in [-0.3, -0.25) is 0 Å². The Balaban J connectivity index is 1.71. The van der Waals surface area contributed by atoms with Gasteiger partial charge in [0.1, 0.15) is 6.26 Å². The number of halogens is 1. The number of nitrogens with two attached hydrogens (primary N) is 1. The second-order valence-corrected chi connectivity index (χ2v) is 6.47. The third-order valence-corrected chi connectivity index (χ3v) is 5.00. The molecule has 0 spiro atoms. The summed E-state index contributed by atoms with van der Waals surface area (Å²) in [5, 5.41) is 2.70. The van der Waals surface area contributed by atoms with Crippen LogP contribution in [0.25, 0.3) is 10.8 Å². The molecular weight excluding hydrogens is 312 g/mol. The molecule has 20 heavy (non-hydrogen) atoms. The third-order valence-electron chi connectivity index (χ3n) is 2.61. The molecule has 2 N–H and O–H groups in total. The predicted octanol–water partition coefficient (Wildman–Crippen LogP) is 4.93. The molecule has 0 saturated carbocycles. The number of hydrogen-bond acceptors (Lipinski definition) is 5. The molecular formula is C14H11ClN2OS2. The van der Waals surface area contributed by atoms with Crippen LogP contribution in [0.1, 0.15) is 5.69 Å². The van der Waals surface area contributed by atoms with E-state index in [0.717, 1.165) is 15.5 Å². The van der Waals surface area contributed by atoms with Crippen molar-refractivity contribution in [2.45, 2.75) is 10.6 Å². The van der Waals surface area contributed by atoms with E-state index >= 15 is 0 Å². The minimum atomic E-state index is 0.661. The van der Waals surface area contributed by atoms with Gasteiger partial charge < -0.3 is 10.2 Å². The lowest BCUT2D eigenvalue weighted by molar-refractivity contribution is 0.575. The Bertz CT molecular complexity index is 710. The Morgan fingerprint density at radius 1 is 1.35 bits per heavy atom. The molecule has 0 unspecified atom stereocenters. The number of benzene rings is 1. The minimum absolute atomic E-state index is 0.661. The number of oxazole rings is 1. The first-order valence-corrected chi connectivity index (χ1v) is 8.13. The van der Waals surface area contributed by atoms with Gasteiger partial charge >= 0.3 is 0 Å². The quantitative estimate of drug-likeness (QED) is 0.546. The first-order valence-electron chi connectivity index (χ1n) is 5.88. The SMILES string of the molecule is Nc1ccc(Cl)c(SCc2coc(-c3cccs3)n2)c1. The summed E-state index contributed by atoms with van der Waals surface area (Å²) in [5.74, 6) is 1.35. The van der Waals surface area contributed by atoms with Crippen LogP contribution >= 0.6 is 34.7 Å². The van der Waals surface area contributed by atoms with Gasteiger partial charge in [-0.15, -0.1) is 23.1 Å². The summed E-state index contributed by atoms with van der Waals surface area (Å²) >= 11 is 9.33. The van der Waals surface area contributed by atoms with Crippen LogP contribution in [-0.2, 0) is 5.75 Å². The Morgan fingerprint density at radius 3 is 3.05 bits per heavy atom. The van der Waals surface area contributed by atoms with Crippen molar-refractivity contribution in [2.24, 2.45) is 0 Å². The molecule has 0 radical (unpaired) electrons. The van der Waals surface area contributed by atoms with Gasteiger partial charge in [-0.1, -0.05) is 17.7 Å². The van der Waals surface area contributed by atoms with Gasteiger partial charge in [0.15, 0.2) is 0 Å². The highest BCUT2D eigenvalue weighted by molar-refractivity contribution is 7.98. The normalized spacial score (nSPS) is 10.8. The van der Waals surface area contributed by atoms with Gasteiger partial charge in [0, 0.05) is 16.3 Å². The van der Waals surface area contributed by atoms with Gasteiger partial charge in [-0.25, -0.2) is 4.98 Å². The van der Waals surface area contributed by atoms with Crippen LogP contribution in [0.15, 0.2) is 51.3 Å². The molecule has 0 saturated heterocycles. The first-order chi connectivity index (χ1) is 9.72. The lowest BCUT2D eigenvalue weighted by Crippen LogP contribution is -1.86. The summed E-state index contributed by atoms with van der Waals surface area (Å²) in [7, 11) is 0. The number of hydrogen-bond donors (Lipinski definition) is 1. The van der Waals surface area contributed by atoms with E-state index in [0.29, 0.717) is 22.4 Å². The molecule has 1 aromatic carbocycles. The highest BCUT2D eigenvalue weighted by Gasteiger charge is 2.09. The van der Waals surface area contributed by atoms with Gasteiger partial charge in [0.05, 0.1) is 15.6 Å². The number of aromatic nitrogens is 1. The Morgan fingerprint density at radius 2 is 2.25 bits per heavy atom. The molecule has 102 valence electrons.